The molecule has 3 rings (SSSR count). The number of aromatic amines is 2. The largest absolute Gasteiger partial charge is 0.476 e. The molecule has 2 aromatic heterocycles. The number of carboxylic acids is 1. The van der Waals surface area contributed by atoms with E-state index in [4.69, 9.17) is 16.7 Å². The number of aromatic nitrogens is 3. The maximum absolute atomic E-state index is 10.9. The van der Waals surface area contributed by atoms with Crippen molar-refractivity contribution in [3.8, 4) is 11.4 Å². The van der Waals surface area contributed by atoms with Crippen LogP contribution in [0.5, 0.6) is 0 Å². The number of nitrogens with one attached hydrogen (secondary N) is 2. The van der Waals surface area contributed by atoms with E-state index in [9.17, 15) is 4.79 Å². The Kier molecular flexibility index (Phi) is 2.34. The lowest BCUT2D eigenvalue weighted by Crippen LogP contribution is -1.96. The molecule has 0 aliphatic carbocycles. The van der Waals surface area contributed by atoms with Crippen molar-refractivity contribution in [2.24, 2.45) is 0 Å². The Balaban J connectivity index is 2.20. The molecule has 0 radical (unpaired) electrons. The van der Waals surface area contributed by atoms with E-state index in [0.717, 1.165) is 16.5 Å². The Morgan fingerprint density at radius 1 is 1.33 bits per heavy atom. The zero-order chi connectivity index (χ0) is 12.7. The van der Waals surface area contributed by atoms with Gasteiger partial charge in [-0.1, -0.05) is 29.8 Å². The van der Waals surface area contributed by atoms with Crippen molar-refractivity contribution in [2.75, 3.05) is 0 Å². The van der Waals surface area contributed by atoms with Gasteiger partial charge in [-0.05, 0) is 6.07 Å². The molecule has 0 saturated carbocycles. The fraction of sp³-hybridized carbons (Fsp3) is 0. The number of para-hydroxylation sites is 1. The van der Waals surface area contributed by atoms with Crippen LogP contribution >= 0.6 is 11.6 Å². The van der Waals surface area contributed by atoms with E-state index < -0.39 is 5.97 Å². The zero-order valence-electron chi connectivity index (χ0n) is 9.07. The van der Waals surface area contributed by atoms with Gasteiger partial charge in [0.2, 0.25) is 0 Å². The number of carbonyl (C=O) groups is 1. The molecule has 2 heterocycles. The number of aromatic carboxylic acids is 1. The molecule has 6 heteroatoms. The summed E-state index contributed by atoms with van der Waals surface area (Å²) in [6.45, 7) is 0. The average molecular weight is 262 g/mol. The maximum Gasteiger partial charge on any atom is 0.357 e. The Labute approximate surface area is 106 Å². The van der Waals surface area contributed by atoms with Crippen molar-refractivity contribution in [1.29, 1.82) is 0 Å². The van der Waals surface area contributed by atoms with Gasteiger partial charge in [0.1, 0.15) is 11.0 Å². The third-order valence-corrected chi connectivity index (χ3v) is 2.98. The van der Waals surface area contributed by atoms with Crippen molar-refractivity contribution < 1.29 is 9.90 Å². The van der Waals surface area contributed by atoms with Crippen molar-refractivity contribution in [3.05, 3.63) is 41.3 Å². The Hall–Kier alpha value is -2.27. The normalized spacial score (nSPS) is 10.9. The summed E-state index contributed by atoms with van der Waals surface area (Å²) in [7, 11) is 0. The zero-order valence-corrected chi connectivity index (χ0v) is 9.82. The molecule has 0 saturated heterocycles. The van der Waals surface area contributed by atoms with Gasteiger partial charge in [0.15, 0.2) is 5.69 Å². The molecule has 0 aliphatic heterocycles. The highest BCUT2D eigenvalue weighted by Crippen LogP contribution is 2.28. The Morgan fingerprint density at radius 3 is 2.83 bits per heavy atom. The van der Waals surface area contributed by atoms with Crippen LogP contribution in [0.1, 0.15) is 10.5 Å². The van der Waals surface area contributed by atoms with Crippen LogP contribution in [0.4, 0.5) is 0 Å². The lowest BCUT2D eigenvalue weighted by Gasteiger charge is -1.93. The molecule has 3 aromatic rings. The van der Waals surface area contributed by atoms with Crippen LogP contribution in [0.15, 0.2) is 30.5 Å². The summed E-state index contributed by atoms with van der Waals surface area (Å²) in [5.41, 5.74) is 1.58. The van der Waals surface area contributed by atoms with E-state index in [1.165, 1.54) is 0 Å². The molecule has 0 atom stereocenters. The van der Waals surface area contributed by atoms with Crippen LogP contribution in [0.25, 0.3) is 22.3 Å². The molecular weight excluding hydrogens is 254 g/mol. The van der Waals surface area contributed by atoms with E-state index in [1.54, 1.807) is 6.20 Å². The summed E-state index contributed by atoms with van der Waals surface area (Å²) >= 11 is 5.80. The van der Waals surface area contributed by atoms with E-state index in [1.807, 2.05) is 24.3 Å². The molecule has 0 amide bonds. The van der Waals surface area contributed by atoms with Gasteiger partial charge in [-0.25, -0.2) is 9.78 Å². The van der Waals surface area contributed by atoms with Gasteiger partial charge in [0, 0.05) is 22.7 Å². The number of rotatable bonds is 2. The summed E-state index contributed by atoms with van der Waals surface area (Å²) in [5, 5.41) is 9.90. The third-order valence-electron chi connectivity index (χ3n) is 2.71. The smallest absolute Gasteiger partial charge is 0.357 e. The number of H-pyrrole nitrogens is 2. The standard InChI is InChI=1S/C12H8ClN3O2/c13-10-9(12(17)18)15-11(16-10)7-5-14-8-4-2-1-3-6(7)8/h1-5,14H,(H,15,16)(H,17,18). The molecule has 18 heavy (non-hydrogen) atoms. The minimum atomic E-state index is -1.15. The van der Waals surface area contributed by atoms with Crippen LogP contribution < -0.4 is 0 Å². The van der Waals surface area contributed by atoms with Gasteiger partial charge >= 0.3 is 5.97 Å². The molecule has 5 nitrogen and oxygen atoms in total. The second-order valence-corrected chi connectivity index (χ2v) is 4.18. The predicted molar refractivity (Wildman–Crippen MR) is 67.8 cm³/mol. The van der Waals surface area contributed by atoms with Gasteiger partial charge in [-0.3, -0.25) is 0 Å². The Morgan fingerprint density at radius 2 is 2.11 bits per heavy atom. The van der Waals surface area contributed by atoms with Crippen molar-refractivity contribution in [2.45, 2.75) is 0 Å². The molecule has 0 aliphatic rings. The van der Waals surface area contributed by atoms with E-state index in [2.05, 4.69) is 15.0 Å². The van der Waals surface area contributed by atoms with Gasteiger partial charge < -0.3 is 15.1 Å². The molecule has 90 valence electrons. The average Bonchev–Trinajstić information content (AvgIpc) is 2.92. The highest BCUT2D eigenvalue weighted by Gasteiger charge is 2.17. The SMILES string of the molecule is O=C(O)c1nc(-c2c[nH]c3ccccc23)[nH]c1Cl. The molecule has 0 spiro atoms. The van der Waals surface area contributed by atoms with Crippen molar-refractivity contribution in [1.82, 2.24) is 15.0 Å². The van der Waals surface area contributed by atoms with Gasteiger partial charge in [0.05, 0.1) is 0 Å². The number of fused-ring (bicyclic) bond motifs is 1. The van der Waals surface area contributed by atoms with Crippen LogP contribution in [0, 0.1) is 0 Å². The highest BCUT2D eigenvalue weighted by atomic mass is 35.5. The first kappa shape index (κ1) is 10.9. The van der Waals surface area contributed by atoms with Gasteiger partial charge in [-0.15, -0.1) is 0 Å². The number of imidazole rings is 1. The van der Waals surface area contributed by atoms with Crippen LogP contribution in [-0.4, -0.2) is 26.0 Å². The fourth-order valence-electron chi connectivity index (χ4n) is 1.89. The minimum Gasteiger partial charge on any atom is -0.476 e. The minimum absolute atomic E-state index is 0.0304. The number of carboxylic acid groups (broad SMARTS) is 1. The van der Waals surface area contributed by atoms with Crippen LogP contribution in [0.2, 0.25) is 5.15 Å². The summed E-state index contributed by atoms with van der Waals surface area (Å²) in [6, 6.07) is 7.68. The first-order valence-electron chi connectivity index (χ1n) is 5.22. The Bertz CT molecular complexity index is 745. The first-order valence-corrected chi connectivity index (χ1v) is 5.60. The predicted octanol–water partition coefficient (Wildman–Crippen LogP) is 2.91. The second-order valence-electron chi connectivity index (χ2n) is 3.80. The second kappa shape index (κ2) is 3.89. The molecule has 0 fully saturated rings. The summed E-state index contributed by atoms with van der Waals surface area (Å²) in [6.07, 6.45) is 1.77. The number of halogens is 1. The number of hydrogen-bond acceptors (Lipinski definition) is 2. The first-order chi connectivity index (χ1) is 8.66. The molecule has 3 N–H and O–H groups in total. The molecular formula is C12H8ClN3O2. The maximum atomic E-state index is 10.9. The lowest BCUT2D eigenvalue weighted by molar-refractivity contribution is 0.0691. The third kappa shape index (κ3) is 1.56. The molecule has 1 aromatic carbocycles. The quantitative estimate of drug-likeness (QED) is 0.663. The summed E-state index contributed by atoms with van der Waals surface area (Å²) < 4.78 is 0. The number of hydrogen-bond donors (Lipinski definition) is 3. The monoisotopic (exact) mass is 261 g/mol. The van der Waals surface area contributed by atoms with Gasteiger partial charge in [-0.2, -0.15) is 0 Å². The highest BCUT2D eigenvalue weighted by molar-refractivity contribution is 6.32. The summed E-state index contributed by atoms with van der Waals surface area (Å²) in [5.74, 6) is -0.711. The molecule has 0 unspecified atom stereocenters. The molecule has 0 bridgehead atoms. The fourth-order valence-corrected chi connectivity index (χ4v) is 2.10. The topological polar surface area (TPSA) is 81.8 Å². The van der Waals surface area contributed by atoms with E-state index >= 15 is 0 Å². The summed E-state index contributed by atoms with van der Waals surface area (Å²) in [4.78, 5) is 20.8. The number of nitrogens with zero attached hydrogens (tertiary/aromatic N) is 1. The van der Waals surface area contributed by atoms with E-state index in [0.29, 0.717) is 5.82 Å². The van der Waals surface area contributed by atoms with Crippen LogP contribution in [0.3, 0.4) is 0 Å². The van der Waals surface area contributed by atoms with Gasteiger partial charge in [0.25, 0.3) is 0 Å². The van der Waals surface area contributed by atoms with Crippen molar-refractivity contribution >= 4 is 28.5 Å². The van der Waals surface area contributed by atoms with Crippen LogP contribution in [-0.2, 0) is 0 Å². The number of benzene rings is 1. The lowest BCUT2D eigenvalue weighted by atomic mass is 10.2. The van der Waals surface area contributed by atoms with E-state index in [-0.39, 0.29) is 10.8 Å². The van der Waals surface area contributed by atoms with Crippen molar-refractivity contribution in [3.63, 3.8) is 0 Å².